The lowest BCUT2D eigenvalue weighted by Crippen LogP contribution is -2.11. The molecule has 90 valence electrons. The number of carbonyl (C=O) groups is 1. The molecule has 1 aromatic heterocycles. The minimum Gasteiger partial charge on any atom is -0.326 e. The lowest BCUT2D eigenvalue weighted by Gasteiger charge is -2.04. The van der Waals surface area contributed by atoms with Crippen LogP contribution in [-0.4, -0.2) is 22.9 Å². The zero-order valence-corrected chi connectivity index (χ0v) is 11.5. The molecule has 2 aromatic rings. The molecule has 0 bridgehead atoms. The molecular formula is C12H14N2OS2. The van der Waals surface area contributed by atoms with Crippen LogP contribution in [0, 0.1) is 6.92 Å². The van der Waals surface area contributed by atoms with Gasteiger partial charge in [-0.15, -0.1) is 11.3 Å². The number of aryl methyl sites for hydroxylation is 1. The van der Waals surface area contributed by atoms with E-state index in [4.69, 9.17) is 0 Å². The molecular weight excluding hydrogens is 252 g/mol. The van der Waals surface area contributed by atoms with Gasteiger partial charge in [0.1, 0.15) is 0 Å². The third kappa shape index (κ3) is 3.20. The van der Waals surface area contributed by atoms with E-state index in [1.807, 2.05) is 31.4 Å². The van der Waals surface area contributed by atoms with Crippen LogP contribution >= 0.6 is 23.1 Å². The molecule has 0 saturated carbocycles. The summed E-state index contributed by atoms with van der Waals surface area (Å²) in [7, 11) is 0. The van der Waals surface area contributed by atoms with Gasteiger partial charge in [-0.05, 0) is 31.4 Å². The Hall–Kier alpha value is -1.07. The van der Waals surface area contributed by atoms with Crippen molar-refractivity contribution in [3.8, 4) is 0 Å². The molecule has 17 heavy (non-hydrogen) atoms. The average Bonchev–Trinajstić information content (AvgIpc) is 2.65. The second-order valence-electron chi connectivity index (χ2n) is 3.71. The number of benzene rings is 1. The summed E-state index contributed by atoms with van der Waals surface area (Å²) in [5.41, 5.74) is 1.85. The highest BCUT2D eigenvalue weighted by molar-refractivity contribution is 7.98. The maximum Gasteiger partial charge on any atom is 0.225 e. The van der Waals surface area contributed by atoms with Crippen molar-refractivity contribution in [3.63, 3.8) is 0 Å². The summed E-state index contributed by atoms with van der Waals surface area (Å²) in [4.78, 5) is 16.0. The summed E-state index contributed by atoms with van der Waals surface area (Å²) >= 11 is 3.32. The summed E-state index contributed by atoms with van der Waals surface area (Å²) in [6.07, 6.45) is 2.56. The van der Waals surface area contributed by atoms with Crippen LogP contribution in [0.1, 0.15) is 11.4 Å². The van der Waals surface area contributed by atoms with Gasteiger partial charge >= 0.3 is 0 Å². The van der Waals surface area contributed by atoms with Crippen molar-refractivity contribution >= 4 is 44.9 Å². The third-order valence-corrected chi connectivity index (χ3v) is 3.86. The van der Waals surface area contributed by atoms with E-state index in [2.05, 4.69) is 10.3 Å². The number of aromatic nitrogens is 1. The van der Waals surface area contributed by atoms with Crippen LogP contribution in [0.25, 0.3) is 10.2 Å². The van der Waals surface area contributed by atoms with Crippen LogP contribution in [0.2, 0.25) is 0 Å². The lowest BCUT2D eigenvalue weighted by atomic mass is 10.3. The number of nitrogens with zero attached hydrogens (tertiary/aromatic N) is 1. The van der Waals surface area contributed by atoms with Gasteiger partial charge in [0.25, 0.3) is 0 Å². The van der Waals surface area contributed by atoms with E-state index in [0.29, 0.717) is 6.42 Å². The Labute approximate surface area is 109 Å². The molecule has 1 heterocycles. The van der Waals surface area contributed by atoms with E-state index in [1.54, 1.807) is 23.1 Å². The Morgan fingerprint density at radius 1 is 1.53 bits per heavy atom. The Bertz CT molecular complexity index is 536. The molecule has 0 aliphatic heterocycles. The van der Waals surface area contributed by atoms with E-state index >= 15 is 0 Å². The summed E-state index contributed by atoms with van der Waals surface area (Å²) in [6.45, 7) is 1.99. The maximum atomic E-state index is 11.6. The highest BCUT2D eigenvalue weighted by Crippen LogP contribution is 2.24. The Morgan fingerprint density at radius 2 is 2.35 bits per heavy atom. The Morgan fingerprint density at radius 3 is 3.12 bits per heavy atom. The second-order valence-corrected chi connectivity index (χ2v) is 5.93. The van der Waals surface area contributed by atoms with Crippen LogP contribution in [0.4, 0.5) is 5.69 Å². The van der Waals surface area contributed by atoms with Gasteiger partial charge < -0.3 is 5.32 Å². The number of hydrogen-bond acceptors (Lipinski definition) is 4. The number of thioether (sulfide) groups is 1. The van der Waals surface area contributed by atoms with Gasteiger partial charge in [0.05, 0.1) is 15.2 Å². The molecule has 3 nitrogen and oxygen atoms in total. The normalized spacial score (nSPS) is 10.7. The van der Waals surface area contributed by atoms with Gasteiger partial charge in [-0.2, -0.15) is 11.8 Å². The first-order valence-corrected chi connectivity index (χ1v) is 7.56. The molecule has 1 amide bonds. The molecule has 0 aliphatic rings. The number of hydrogen-bond donors (Lipinski definition) is 1. The van der Waals surface area contributed by atoms with Gasteiger partial charge in [0, 0.05) is 17.9 Å². The number of thiazole rings is 1. The standard InChI is InChI=1S/C12H14N2OS2/c1-8-13-10-4-3-9(7-11(10)17-8)14-12(15)5-6-16-2/h3-4,7H,5-6H2,1-2H3,(H,14,15). The molecule has 0 fully saturated rings. The lowest BCUT2D eigenvalue weighted by molar-refractivity contribution is -0.115. The number of amides is 1. The SMILES string of the molecule is CSCCC(=O)Nc1ccc2nc(C)sc2c1. The van der Waals surface area contributed by atoms with Crippen molar-refractivity contribution in [3.05, 3.63) is 23.2 Å². The fourth-order valence-corrected chi connectivity index (χ4v) is 2.79. The number of anilines is 1. The fourth-order valence-electron chi connectivity index (χ4n) is 1.54. The van der Waals surface area contributed by atoms with Gasteiger partial charge in [0.15, 0.2) is 0 Å². The van der Waals surface area contributed by atoms with Gasteiger partial charge in [-0.3, -0.25) is 4.79 Å². The zero-order valence-electron chi connectivity index (χ0n) is 9.82. The van der Waals surface area contributed by atoms with Gasteiger partial charge in [-0.1, -0.05) is 0 Å². The number of fused-ring (bicyclic) bond motifs is 1. The molecule has 0 radical (unpaired) electrons. The first-order valence-electron chi connectivity index (χ1n) is 5.35. The van der Waals surface area contributed by atoms with Crippen LogP contribution in [0.15, 0.2) is 18.2 Å². The highest BCUT2D eigenvalue weighted by atomic mass is 32.2. The molecule has 0 spiro atoms. The van der Waals surface area contributed by atoms with Crippen molar-refractivity contribution in [1.82, 2.24) is 4.98 Å². The Kier molecular flexibility index (Phi) is 4.02. The van der Waals surface area contributed by atoms with Crippen LogP contribution in [-0.2, 0) is 4.79 Å². The van der Waals surface area contributed by atoms with Crippen LogP contribution in [0.5, 0.6) is 0 Å². The van der Waals surface area contributed by atoms with E-state index in [9.17, 15) is 4.79 Å². The summed E-state index contributed by atoms with van der Waals surface area (Å²) in [5, 5.41) is 3.95. The minimum atomic E-state index is 0.0694. The quantitative estimate of drug-likeness (QED) is 0.923. The van der Waals surface area contributed by atoms with Crippen molar-refractivity contribution in [2.45, 2.75) is 13.3 Å². The average molecular weight is 266 g/mol. The molecule has 0 atom stereocenters. The van der Waals surface area contributed by atoms with Crippen molar-refractivity contribution in [2.24, 2.45) is 0 Å². The predicted octanol–water partition coefficient (Wildman–Crippen LogP) is 3.30. The molecule has 2 rings (SSSR count). The monoisotopic (exact) mass is 266 g/mol. The Balaban J connectivity index is 2.10. The van der Waals surface area contributed by atoms with Gasteiger partial charge in [-0.25, -0.2) is 4.98 Å². The molecule has 0 unspecified atom stereocenters. The molecule has 1 N–H and O–H groups in total. The predicted molar refractivity (Wildman–Crippen MR) is 76.0 cm³/mol. The van der Waals surface area contributed by atoms with Crippen LogP contribution < -0.4 is 5.32 Å². The number of carbonyl (C=O) groups excluding carboxylic acids is 1. The minimum absolute atomic E-state index is 0.0694. The largest absolute Gasteiger partial charge is 0.326 e. The summed E-state index contributed by atoms with van der Waals surface area (Å²) in [6, 6.07) is 5.83. The second kappa shape index (κ2) is 5.51. The van der Waals surface area contributed by atoms with Crippen LogP contribution in [0.3, 0.4) is 0 Å². The van der Waals surface area contributed by atoms with Crippen molar-refractivity contribution in [2.75, 3.05) is 17.3 Å². The summed E-state index contributed by atoms with van der Waals surface area (Å²) < 4.78 is 1.12. The zero-order chi connectivity index (χ0) is 12.3. The van der Waals surface area contributed by atoms with Crippen molar-refractivity contribution in [1.29, 1.82) is 0 Å². The number of rotatable bonds is 4. The maximum absolute atomic E-state index is 11.6. The first kappa shape index (κ1) is 12.4. The molecule has 0 saturated heterocycles. The molecule has 0 aliphatic carbocycles. The van der Waals surface area contributed by atoms with E-state index in [1.165, 1.54) is 0 Å². The smallest absolute Gasteiger partial charge is 0.225 e. The third-order valence-electron chi connectivity index (χ3n) is 2.31. The van der Waals surface area contributed by atoms with E-state index in [-0.39, 0.29) is 5.91 Å². The topological polar surface area (TPSA) is 42.0 Å². The molecule has 5 heteroatoms. The van der Waals surface area contributed by atoms with E-state index in [0.717, 1.165) is 26.7 Å². The fraction of sp³-hybridized carbons (Fsp3) is 0.333. The van der Waals surface area contributed by atoms with E-state index < -0.39 is 0 Å². The highest BCUT2D eigenvalue weighted by Gasteiger charge is 2.04. The summed E-state index contributed by atoms with van der Waals surface area (Å²) in [5.74, 6) is 0.924. The van der Waals surface area contributed by atoms with Gasteiger partial charge in [0.2, 0.25) is 5.91 Å². The number of nitrogens with one attached hydrogen (secondary N) is 1. The first-order chi connectivity index (χ1) is 8.19. The molecule has 1 aromatic carbocycles. The van der Waals surface area contributed by atoms with Crippen molar-refractivity contribution < 1.29 is 4.79 Å².